The van der Waals surface area contributed by atoms with E-state index >= 15 is 0 Å². The number of thiophene rings is 1. The third kappa shape index (κ3) is 2.72. The van der Waals surface area contributed by atoms with Crippen LogP contribution >= 0.6 is 11.3 Å². The van der Waals surface area contributed by atoms with E-state index in [1.54, 1.807) is 17.7 Å². The molecule has 1 aliphatic heterocycles. The van der Waals surface area contributed by atoms with Crippen molar-refractivity contribution in [1.29, 1.82) is 0 Å². The summed E-state index contributed by atoms with van der Waals surface area (Å²) in [5.41, 5.74) is 6.96. The number of fused-ring (bicyclic) bond motifs is 1. The first-order valence-corrected chi connectivity index (χ1v) is 7.80. The van der Waals surface area contributed by atoms with Crippen molar-refractivity contribution in [2.75, 3.05) is 18.0 Å². The van der Waals surface area contributed by atoms with Gasteiger partial charge in [-0.15, -0.1) is 11.3 Å². The molecule has 5 heteroatoms. The molecule has 1 unspecified atom stereocenters. The Morgan fingerprint density at radius 1 is 1.42 bits per heavy atom. The minimum atomic E-state index is 0.319. The third-order valence-electron chi connectivity index (χ3n) is 3.84. The predicted molar refractivity (Wildman–Crippen MR) is 80.6 cm³/mol. The fraction of sp³-hybridized carbons (Fsp3) is 0.571. The summed E-state index contributed by atoms with van der Waals surface area (Å²) >= 11 is 1.73. The van der Waals surface area contributed by atoms with Crippen LogP contribution in [0.5, 0.6) is 0 Å². The minimum absolute atomic E-state index is 0.319. The van der Waals surface area contributed by atoms with Crippen LogP contribution < -0.4 is 10.6 Å². The number of aromatic nitrogens is 2. The van der Waals surface area contributed by atoms with Gasteiger partial charge in [0.1, 0.15) is 12.1 Å². The molecule has 1 saturated heterocycles. The lowest BCUT2D eigenvalue weighted by Crippen LogP contribution is -2.36. The average molecular weight is 276 g/mol. The van der Waals surface area contributed by atoms with Crippen LogP contribution in [0.4, 0.5) is 5.82 Å². The first-order valence-electron chi connectivity index (χ1n) is 6.93. The Morgan fingerprint density at radius 2 is 2.21 bits per heavy atom. The van der Waals surface area contributed by atoms with E-state index < -0.39 is 0 Å². The number of nitrogens with zero attached hydrogens (tertiary/aromatic N) is 3. The maximum absolute atomic E-state index is 5.90. The van der Waals surface area contributed by atoms with Gasteiger partial charge in [0.05, 0.1) is 10.2 Å². The predicted octanol–water partition coefficient (Wildman–Crippen LogP) is 2.65. The third-order valence-corrected chi connectivity index (χ3v) is 4.74. The van der Waals surface area contributed by atoms with Gasteiger partial charge in [-0.2, -0.15) is 0 Å². The number of hydrogen-bond acceptors (Lipinski definition) is 5. The number of anilines is 1. The Kier molecular flexibility index (Phi) is 3.66. The molecule has 0 saturated carbocycles. The van der Waals surface area contributed by atoms with Crippen LogP contribution in [0, 0.1) is 5.92 Å². The van der Waals surface area contributed by atoms with Gasteiger partial charge < -0.3 is 10.6 Å². The normalized spacial score (nSPS) is 18.9. The molecule has 3 rings (SSSR count). The van der Waals surface area contributed by atoms with Crippen molar-refractivity contribution in [3.63, 3.8) is 0 Å². The maximum Gasteiger partial charge on any atom is 0.150 e. The molecule has 3 heterocycles. The van der Waals surface area contributed by atoms with Crippen LogP contribution in [0.1, 0.15) is 26.2 Å². The van der Waals surface area contributed by atoms with Crippen LogP contribution in [0.25, 0.3) is 10.2 Å². The van der Waals surface area contributed by atoms with E-state index in [0.717, 1.165) is 36.8 Å². The molecule has 0 spiro atoms. The highest BCUT2D eigenvalue weighted by molar-refractivity contribution is 7.17. The molecule has 102 valence electrons. The lowest BCUT2D eigenvalue weighted by Gasteiger charge is -2.33. The second-order valence-electron chi connectivity index (χ2n) is 5.48. The molecule has 0 radical (unpaired) electrons. The fourth-order valence-corrected chi connectivity index (χ4v) is 3.77. The molecule has 2 aromatic heterocycles. The molecule has 0 aromatic carbocycles. The topological polar surface area (TPSA) is 55.0 Å². The largest absolute Gasteiger partial charge is 0.355 e. The second-order valence-corrected chi connectivity index (χ2v) is 6.39. The molecule has 1 atom stereocenters. The summed E-state index contributed by atoms with van der Waals surface area (Å²) in [6.45, 7) is 4.27. The molecule has 0 amide bonds. The number of hydrogen-bond donors (Lipinski definition) is 1. The number of piperidine rings is 1. The van der Waals surface area contributed by atoms with Gasteiger partial charge in [-0.25, -0.2) is 9.97 Å². The summed E-state index contributed by atoms with van der Waals surface area (Å²) < 4.78 is 1.22. The van der Waals surface area contributed by atoms with E-state index in [-0.39, 0.29) is 0 Å². The summed E-state index contributed by atoms with van der Waals surface area (Å²) in [5, 5.41) is 2.09. The van der Waals surface area contributed by atoms with Gasteiger partial charge in [0, 0.05) is 19.1 Å². The molecule has 1 fully saturated rings. The van der Waals surface area contributed by atoms with Gasteiger partial charge in [-0.05, 0) is 43.6 Å². The van der Waals surface area contributed by atoms with E-state index in [1.807, 2.05) is 0 Å². The molecular weight excluding hydrogens is 256 g/mol. The molecule has 0 bridgehead atoms. The van der Waals surface area contributed by atoms with Crippen molar-refractivity contribution >= 4 is 27.4 Å². The first-order chi connectivity index (χ1) is 9.24. The highest BCUT2D eigenvalue weighted by Gasteiger charge is 2.22. The zero-order valence-corrected chi connectivity index (χ0v) is 12.1. The van der Waals surface area contributed by atoms with Gasteiger partial charge in [0.2, 0.25) is 0 Å². The van der Waals surface area contributed by atoms with Gasteiger partial charge in [-0.1, -0.05) is 0 Å². The van der Waals surface area contributed by atoms with Crippen molar-refractivity contribution < 1.29 is 0 Å². The van der Waals surface area contributed by atoms with Gasteiger partial charge >= 0.3 is 0 Å². The lowest BCUT2D eigenvalue weighted by molar-refractivity contribution is 0.360. The van der Waals surface area contributed by atoms with Gasteiger partial charge in [-0.3, -0.25) is 0 Å². The molecule has 19 heavy (non-hydrogen) atoms. The summed E-state index contributed by atoms with van der Waals surface area (Å²) in [7, 11) is 0. The van der Waals surface area contributed by atoms with Crippen molar-refractivity contribution in [3.8, 4) is 0 Å². The highest BCUT2D eigenvalue weighted by Crippen LogP contribution is 2.31. The smallest absolute Gasteiger partial charge is 0.150 e. The number of nitrogens with two attached hydrogens (primary N) is 1. The van der Waals surface area contributed by atoms with Crippen LogP contribution in [-0.2, 0) is 0 Å². The van der Waals surface area contributed by atoms with E-state index in [1.165, 1.54) is 17.5 Å². The zero-order chi connectivity index (χ0) is 13.2. The average Bonchev–Trinajstić information content (AvgIpc) is 2.87. The molecule has 1 aliphatic rings. The maximum atomic E-state index is 5.90. The highest BCUT2D eigenvalue weighted by atomic mass is 32.1. The quantitative estimate of drug-likeness (QED) is 0.936. The summed E-state index contributed by atoms with van der Waals surface area (Å²) in [4.78, 5) is 11.2. The lowest BCUT2D eigenvalue weighted by atomic mass is 9.91. The summed E-state index contributed by atoms with van der Waals surface area (Å²) in [5.74, 6) is 1.89. The Hall–Kier alpha value is -1.20. The summed E-state index contributed by atoms with van der Waals surface area (Å²) in [6.07, 6.45) is 5.27. The second kappa shape index (κ2) is 5.43. The van der Waals surface area contributed by atoms with Crippen LogP contribution in [0.3, 0.4) is 0 Å². The minimum Gasteiger partial charge on any atom is -0.355 e. The Labute approximate surface area is 117 Å². The molecule has 4 nitrogen and oxygen atoms in total. The van der Waals surface area contributed by atoms with Crippen molar-refractivity contribution in [2.45, 2.75) is 32.2 Å². The van der Waals surface area contributed by atoms with E-state index in [9.17, 15) is 0 Å². The summed E-state index contributed by atoms with van der Waals surface area (Å²) in [6, 6.07) is 2.38. The standard InChI is InChI=1S/C14H20N4S/c1-10(15)8-11-2-5-18(6-3-11)14-13-12(4-7-19-13)16-9-17-14/h4,7,9-11H,2-3,5-6,8,15H2,1H3. The van der Waals surface area contributed by atoms with Crippen LogP contribution in [-0.4, -0.2) is 29.1 Å². The fourth-order valence-electron chi connectivity index (χ4n) is 2.91. The van der Waals surface area contributed by atoms with E-state index in [2.05, 4.69) is 33.2 Å². The van der Waals surface area contributed by atoms with Crippen molar-refractivity contribution in [2.24, 2.45) is 11.7 Å². The molecule has 0 aliphatic carbocycles. The van der Waals surface area contributed by atoms with Gasteiger partial charge in [0.25, 0.3) is 0 Å². The monoisotopic (exact) mass is 276 g/mol. The van der Waals surface area contributed by atoms with Crippen LogP contribution in [0.2, 0.25) is 0 Å². The van der Waals surface area contributed by atoms with Crippen LogP contribution in [0.15, 0.2) is 17.8 Å². The Morgan fingerprint density at radius 3 is 2.95 bits per heavy atom. The Bertz CT molecular complexity index is 543. The first kappa shape index (κ1) is 12.8. The molecule has 2 N–H and O–H groups in total. The zero-order valence-electron chi connectivity index (χ0n) is 11.2. The molecule has 2 aromatic rings. The van der Waals surface area contributed by atoms with E-state index in [4.69, 9.17) is 5.73 Å². The van der Waals surface area contributed by atoms with Crippen molar-refractivity contribution in [1.82, 2.24) is 9.97 Å². The molecular formula is C14H20N4S. The van der Waals surface area contributed by atoms with E-state index in [0.29, 0.717) is 6.04 Å². The Balaban J connectivity index is 1.73. The van der Waals surface area contributed by atoms with Gasteiger partial charge in [0.15, 0.2) is 0 Å². The SMILES string of the molecule is CC(N)CC1CCN(c2ncnc3ccsc23)CC1. The van der Waals surface area contributed by atoms with Crippen molar-refractivity contribution in [3.05, 3.63) is 17.8 Å². The number of rotatable bonds is 3.